The van der Waals surface area contributed by atoms with Crippen LogP contribution in [0.3, 0.4) is 0 Å². The number of carbonyl (C=O) groups excluding carboxylic acids is 1. The molecular formula is C13H13BrN2O2. The van der Waals surface area contributed by atoms with Crippen molar-refractivity contribution in [2.75, 3.05) is 7.05 Å². The normalized spacial score (nSPS) is 10.4. The van der Waals surface area contributed by atoms with Crippen LogP contribution in [0.25, 0.3) is 0 Å². The quantitative estimate of drug-likeness (QED) is 0.819. The predicted octanol–water partition coefficient (Wildman–Crippen LogP) is 3.02. The Labute approximate surface area is 114 Å². The van der Waals surface area contributed by atoms with Crippen LogP contribution in [0.2, 0.25) is 0 Å². The minimum Gasteiger partial charge on any atom is -0.464 e. The minimum atomic E-state index is -0.0796. The van der Waals surface area contributed by atoms with Crippen LogP contribution in [0.1, 0.15) is 21.9 Å². The molecule has 0 N–H and O–H groups in total. The summed E-state index contributed by atoms with van der Waals surface area (Å²) in [5, 5.41) is 0. The molecule has 18 heavy (non-hydrogen) atoms. The number of aromatic nitrogens is 1. The Balaban J connectivity index is 2.07. The summed E-state index contributed by atoms with van der Waals surface area (Å²) in [5.41, 5.74) is 0.559. The standard InChI is InChI=1S/C13H13BrN2O2/c1-9-3-5-11(18-9)8-16(2)13(17)10-4-6-12(14)15-7-10/h3-7H,8H2,1-2H3. The van der Waals surface area contributed by atoms with Crippen molar-refractivity contribution in [3.05, 3.63) is 52.1 Å². The molecule has 0 spiro atoms. The highest BCUT2D eigenvalue weighted by Crippen LogP contribution is 2.12. The van der Waals surface area contributed by atoms with Crippen molar-refractivity contribution >= 4 is 21.8 Å². The Bertz CT molecular complexity index is 548. The summed E-state index contributed by atoms with van der Waals surface area (Å²) in [7, 11) is 1.74. The van der Waals surface area contributed by atoms with Gasteiger partial charge in [-0.3, -0.25) is 4.79 Å². The number of amides is 1. The van der Waals surface area contributed by atoms with Crippen molar-refractivity contribution in [2.45, 2.75) is 13.5 Å². The van der Waals surface area contributed by atoms with Crippen molar-refractivity contribution < 1.29 is 9.21 Å². The zero-order chi connectivity index (χ0) is 13.1. The van der Waals surface area contributed by atoms with Gasteiger partial charge in [-0.1, -0.05) is 0 Å². The topological polar surface area (TPSA) is 46.3 Å². The zero-order valence-electron chi connectivity index (χ0n) is 10.2. The van der Waals surface area contributed by atoms with Crippen LogP contribution in [0.4, 0.5) is 0 Å². The fourth-order valence-corrected chi connectivity index (χ4v) is 1.83. The Kier molecular flexibility index (Phi) is 3.81. The highest BCUT2D eigenvalue weighted by molar-refractivity contribution is 9.10. The summed E-state index contributed by atoms with van der Waals surface area (Å²) in [6, 6.07) is 7.25. The molecule has 0 aromatic carbocycles. The van der Waals surface area contributed by atoms with Gasteiger partial charge in [0.25, 0.3) is 5.91 Å². The number of halogens is 1. The lowest BCUT2D eigenvalue weighted by molar-refractivity contribution is 0.0774. The van der Waals surface area contributed by atoms with Crippen LogP contribution in [0, 0.1) is 6.92 Å². The van der Waals surface area contributed by atoms with Gasteiger partial charge in [-0.05, 0) is 47.1 Å². The molecule has 0 aliphatic carbocycles. The van der Waals surface area contributed by atoms with E-state index in [2.05, 4.69) is 20.9 Å². The Morgan fingerprint density at radius 1 is 1.39 bits per heavy atom. The number of rotatable bonds is 3. The molecule has 0 saturated carbocycles. The molecular weight excluding hydrogens is 296 g/mol. The van der Waals surface area contributed by atoms with Crippen molar-refractivity contribution in [3.63, 3.8) is 0 Å². The second kappa shape index (κ2) is 5.35. The van der Waals surface area contributed by atoms with Gasteiger partial charge < -0.3 is 9.32 Å². The molecule has 0 aliphatic heterocycles. The first kappa shape index (κ1) is 12.8. The minimum absolute atomic E-state index is 0.0796. The third-order valence-electron chi connectivity index (χ3n) is 2.51. The van der Waals surface area contributed by atoms with Gasteiger partial charge in [0, 0.05) is 13.2 Å². The molecule has 0 atom stereocenters. The van der Waals surface area contributed by atoms with Gasteiger partial charge in [0.1, 0.15) is 16.1 Å². The van der Waals surface area contributed by atoms with E-state index in [-0.39, 0.29) is 5.91 Å². The van der Waals surface area contributed by atoms with Gasteiger partial charge >= 0.3 is 0 Å². The Hall–Kier alpha value is -1.62. The van der Waals surface area contributed by atoms with Crippen LogP contribution in [0.5, 0.6) is 0 Å². The highest BCUT2D eigenvalue weighted by atomic mass is 79.9. The van der Waals surface area contributed by atoms with Crippen molar-refractivity contribution in [2.24, 2.45) is 0 Å². The van der Waals surface area contributed by atoms with E-state index >= 15 is 0 Å². The molecule has 0 saturated heterocycles. The largest absolute Gasteiger partial charge is 0.464 e. The Morgan fingerprint density at radius 2 is 2.17 bits per heavy atom. The van der Waals surface area contributed by atoms with E-state index in [1.165, 1.54) is 0 Å². The van der Waals surface area contributed by atoms with Crippen LogP contribution in [-0.2, 0) is 6.54 Å². The average molecular weight is 309 g/mol. The molecule has 94 valence electrons. The second-order valence-corrected chi connectivity index (χ2v) is 4.86. The fourth-order valence-electron chi connectivity index (χ4n) is 1.60. The van der Waals surface area contributed by atoms with E-state index in [1.807, 2.05) is 19.1 Å². The smallest absolute Gasteiger partial charge is 0.255 e. The van der Waals surface area contributed by atoms with Crippen molar-refractivity contribution in [1.82, 2.24) is 9.88 Å². The van der Waals surface area contributed by atoms with E-state index in [0.717, 1.165) is 11.5 Å². The lowest BCUT2D eigenvalue weighted by Gasteiger charge is -2.15. The first-order valence-electron chi connectivity index (χ1n) is 5.48. The molecule has 0 fully saturated rings. The molecule has 0 radical (unpaired) electrons. The molecule has 5 heteroatoms. The number of hydrogen-bond acceptors (Lipinski definition) is 3. The van der Waals surface area contributed by atoms with E-state index in [4.69, 9.17) is 4.42 Å². The van der Waals surface area contributed by atoms with Gasteiger partial charge in [0.2, 0.25) is 0 Å². The molecule has 2 heterocycles. The van der Waals surface area contributed by atoms with Gasteiger partial charge in [0.15, 0.2) is 0 Å². The fraction of sp³-hybridized carbons (Fsp3) is 0.231. The summed E-state index contributed by atoms with van der Waals surface area (Å²) in [6.07, 6.45) is 1.55. The van der Waals surface area contributed by atoms with Crippen LogP contribution < -0.4 is 0 Å². The predicted molar refractivity (Wildman–Crippen MR) is 71.2 cm³/mol. The third-order valence-corrected chi connectivity index (χ3v) is 2.98. The van der Waals surface area contributed by atoms with Crippen LogP contribution in [0.15, 0.2) is 39.5 Å². The number of nitrogens with zero attached hydrogens (tertiary/aromatic N) is 2. The summed E-state index contributed by atoms with van der Waals surface area (Å²) in [5.74, 6) is 1.54. The SMILES string of the molecule is Cc1ccc(CN(C)C(=O)c2ccc(Br)nc2)o1. The maximum atomic E-state index is 12.1. The average Bonchev–Trinajstić information content (AvgIpc) is 2.75. The lowest BCUT2D eigenvalue weighted by atomic mass is 10.2. The molecule has 0 unspecified atom stereocenters. The van der Waals surface area contributed by atoms with Crippen LogP contribution in [-0.4, -0.2) is 22.8 Å². The first-order chi connectivity index (χ1) is 8.56. The molecule has 4 nitrogen and oxygen atoms in total. The third kappa shape index (κ3) is 2.98. The highest BCUT2D eigenvalue weighted by Gasteiger charge is 2.13. The van der Waals surface area contributed by atoms with Crippen molar-refractivity contribution in [1.29, 1.82) is 0 Å². The first-order valence-corrected chi connectivity index (χ1v) is 6.28. The van der Waals surface area contributed by atoms with E-state index < -0.39 is 0 Å². The number of furan rings is 1. The molecule has 1 amide bonds. The van der Waals surface area contributed by atoms with E-state index in [9.17, 15) is 4.79 Å². The maximum absolute atomic E-state index is 12.1. The molecule has 2 rings (SSSR count). The summed E-state index contributed by atoms with van der Waals surface area (Å²) in [6.45, 7) is 2.33. The molecule has 2 aromatic heterocycles. The molecule has 0 aliphatic rings. The summed E-state index contributed by atoms with van der Waals surface area (Å²) < 4.78 is 6.15. The number of pyridine rings is 1. The summed E-state index contributed by atoms with van der Waals surface area (Å²) in [4.78, 5) is 17.7. The van der Waals surface area contributed by atoms with Gasteiger partial charge in [-0.15, -0.1) is 0 Å². The van der Waals surface area contributed by atoms with Crippen LogP contribution >= 0.6 is 15.9 Å². The van der Waals surface area contributed by atoms with E-state index in [0.29, 0.717) is 16.7 Å². The number of carbonyl (C=O) groups is 1. The number of aryl methyl sites for hydroxylation is 1. The maximum Gasteiger partial charge on any atom is 0.255 e. The Morgan fingerprint density at radius 3 is 2.72 bits per heavy atom. The van der Waals surface area contributed by atoms with Gasteiger partial charge in [0.05, 0.1) is 12.1 Å². The second-order valence-electron chi connectivity index (χ2n) is 4.04. The van der Waals surface area contributed by atoms with Gasteiger partial charge in [-0.2, -0.15) is 0 Å². The molecule has 2 aromatic rings. The van der Waals surface area contributed by atoms with E-state index in [1.54, 1.807) is 30.3 Å². The molecule has 0 bridgehead atoms. The number of hydrogen-bond donors (Lipinski definition) is 0. The lowest BCUT2D eigenvalue weighted by Crippen LogP contribution is -2.26. The van der Waals surface area contributed by atoms with Gasteiger partial charge in [-0.25, -0.2) is 4.98 Å². The monoisotopic (exact) mass is 308 g/mol. The van der Waals surface area contributed by atoms with Crippen molar-refractivity contribution in [3.8, 4) is 0 Å². The summed E-state index contributed by atoms with van der Waals surface area (Å²) >= 11 is 3.24. The zero-order valence-corrected chi connectivity index (χ0v) is 11.8.